The van der Waals surface area contributed by atoms with Crippen molar-refractivity contribution in [2.75, 3.05) is 5.43 Å². The van der Waals surface area contributed by atoms with Gasteiger partial charge in [-0.1, -0.05) is 49.0 Å². The molecule has 108 valence electrons. The Morgan fingerprint density at radius 2 is 1.68 bits per heavy atom. The van der Waals surface area contributed by atoms with Crippen LogP contribution in [0.4, 0.5) is 5.69 Å². The highest BCUT2D eigenvalue weighted by Crippen LogP contribution is 2.22. The van der Waals surface area contributed by atoms with Gasteiger partial charge >= 0.3 is 0 Å². The summed E-state index contributed by atoms with van der Waals surface area (Å²) < 4.78 is 0. The Labute approximate surface area is 128 Å². The van der Waals surface area contributed by atoms with Crippen LogP contribution in [0.5, 0.6) is 0 Å². The zero-order valence-electron chi connectivity index (χ0n) is 11.9. The zero-order chi connectivity index (χ0) is 15.9. The molecule has 0 aromatic heterocycles. The Balaban J connectivity index is 2.13. The minimum Gasteiger partial charge on any atom is -0.382 e. The Hall–Kier alpha value is -3.39. The maximum atomic E-state index is 8.76. The number of nitrogens with zero attached hydrogens (tertiary/aromatic N) is 2. The molecule has 0 heterocycles. The van der Waals surface area contributed by atoms with Gasteiger partial charge in [0.05, 0.1) is 5.69 Å². The second-order valence-electron chi connectivity index (χ2n) is 4.52. The van der Waals surface area contributed by atoms with E-state index < -0.39 is 0 Å². The van der Waals surface area contributed by atoms with Crippen molar-refractivity contribution in [3.63, 3.8) is 0 Å². The monoisotopic (exact) mass is 289 g/mol. The third kappa shape index (κ3) is 3.58. The average Bonchev–Trinajstić information content (AvgIpc) is 2.56. The molecule has 0 aliphatic heterocycles. The number of amidine groups is 1. The Kier molecular flexibility index (Phi) is 4.68. The van der Waals surface area contributed by atoms with Gasteiger partial charge in [0.2, 0.25) is 5.71 Å². The number of anilines is 1. The largest absolute Gasteiger partial charge is 0.382 e. The van der Waals surface area contributed by atoms with E-state index in [2.05, 4.69) is 17.1 Å². The van der Waals surface area contributed by atoms with Crippen LogP contribution < -0.4 is 11.2 Å². The lowest BCUT2D eigenvalue weighted by Crippen LogP contribution is -2.21. The van der Waals surface area contributed by atoms with E-state index in [0.717, 1.165) is 16.7 Å². The first-order valence-electron chi connectivity index (χ1n) is 6.55. The molecule has 0 aliphatic rings. The molecule has 0 radical (unpaired) electrons. The predicted octanol–water partition coefficient (Wildman–Crippen LogP) is 2.98. The van der Waals surface area contributed by atoms with Gasteiger partial charge in [-0.25, -0.2) is 0 Å². The normalized spacial score (nSPS) is 10.6. The summed E-state index contributed by atoms with van der Waals surface area (Å²) in [6.07, 6.45) is 0. The summed E-state index contributed by atoms with van der Waals surface area (Å²) in [5, 5.41) is 19.7. The average molecular weight is 289 g/mol. The fourth-order valence-corrected chi connectivity index (χ4v) is 1.82. The van der Waals surface area contributed by atoms with Crippen molar-refractivity contribution in [2.45, 2.75) is 0 Å². The predicted molar refractivity (Wildman–Crippen MR) is 89.6 cm³/mol. The van der Waals surface area contributed by atoms with Crippen molar-refractivity contribution >= 4 is 22.8 Å². The van der Waals surface area contributed by atoms with Gasteiger partial charge < -0.3 is 5.73 Å². The first-order chi connectivity index (χ1) is 10.6. The molecule has 22 heavy (non-hydrogen) atoms. The molecule has 4 N–H and O–H groups in total. The minimum atomic E-state index is -0.371. The highest BCUT2D eigenvalue weighted by Gasteiger charge is 2.03. The van der Waals surface area contributed by atoms with E-state index in [1.54, 1.807) is 6.07 Å². The summed E-state index contributed by atoms with van der Waals surface area (Å²) in [6, 6.07) is 19.1. The molecule has 0 fully saturated rings. The van der Waals surface area contributed by atoms with Gasteiger partial charge in [0, 0.05) is 0 Å². The van der Waals surface area contributed by atoms with Crippen molar-refractivity contribution in [2.24, 2.45) is 10.8 Å². The molecule has 0 saturated heterocycles. The van der Waals surface area contributed by atoms with Gasteiger partial charge in [0.15, 0.2) is 5.84 Å². The highest BCUT2D eigenvalue weighted by molar-refractivity contribution is 6.45. The van der Waals surface area contributed by atoms with Crippen molar-refractivity contribution in [1.82, 2.24) is 0 Å². The van der Waals surface area contributed by atoms with Gasteiger partial charge in [-0.05, 0) is 28.8 Å². The van der Waals surface area contributed by atoms with Crippen molar-refractivity contribution in [3.8, 4) is 6.07 Å². The molecule has 0 amide bonds. The van der Waals surface area contributed by atoms with Crippen molar-refractivity contribution in [3.05, 3.63) is 72.3 Å². The molecular formula is C17H15N5. The van der Waals surface area contributed by atoms with E-state index >= 15 is 0 Å². The molecule has 0 saturated carbocycles. The van der Waals surface area contributed by atoms with Crippen molar-refractivity contribution < 1.29 is 0 Å². The van der Waals surface area contributed by atoms with E-state index in [4.69, 9.17) is 16.4 Å². The van der Waals surface area contributed by atoms with Crippen LogP contribution >= 0.6 is 0 Å². The molecule has 5 heteroatoms. The third-order valence-electron chi connectivity index (χ3n) is 3.01. The van der Waals surface area contributed by atoms with Crippen LogP contribution in [0.3, 0.4) is 0 Å². The standard InChI is InChI=1S/C17H15N5/c1-12(13-5-3-2-4-6-13)14-7-9-15(10-8-14)21-22-16(11-18)17(19)20/h2-10,21H,1H2,(H3,19,20)/b22-16+. The molecule has 0 spiro atoms. The van der Waals surface area contributed by atoms with Crippen LogP contribution in [0.15, 0.2) is 66.3 Å². The number of nitriles is 1. The van der Waals surface area contributed by atoms with E-state index in [9.17, 15) is 0 Å². The highest BCUT2D eigenvalue weighted by atomic mass is 15.3. The summed E-state index contributed by atoms with van der Waals surface area (Å²) in [4.78, 5) is 0. The fourth-order valence-electron chi connectivity index (χ4n) is 1.82. The topological polar surface area (TPSA) is 98.0 Å². The van der Waals surface area contributed by atoms with Crippen LogP contribution in [0.25, 0.3) is 5.57 Å². The van der Waals surface area contributed by atoms with Crippen molar-refractivity contribution in [1.29, 1.82) is 10.7 Å². The number of hydrogen-bond acceptors (Lipinski definition) is 4. The molecule has 5 nitrogen and oxygen atoms in total. The minimum absolute atomic E-state index is 0.155. The lowest BCUT2D eigenvalue weighted by Gasteiger charge is -2.07. The SMILES string of the molecule is C=C(c1ccccc1)c1ccc(N/N=C(\C#N)C(=N)N)cc1. The fraction of sp³-hybridized carbons (Fsp3) is 0. The van der Waals surface area contributed by atoms with Gasteiger partial charge in [0.1, 0.15) is 6.07 Å². The van der Waals surface area contributed by atoms with E-state index in [0.29, 0.717) is 5.69 Å². The van der Waals surface area contributed by atoms with E-state index in [1.165, 1.54) is 0 Å². The quantitative estimate of drug-likeness (QED) is 0.448. The van der Waals surface area contributed by atoms with Crippen LogP contribution in [-0.2, 0) is 0 Å². The maximum Gasteiger partial charge on any atom is 0.201 e. The van der Waals surface area contributed by atoms with Crippen LogP contribution in [0, 0.1) is 16.7 Å². The van der Waals surface area contributed by atoms with E-state index in [1.807, 2.05) is 54.6 Å². The Morgan fingerprint density at radius 3 is 2.23 bits per heavy atom. The maximum absolute atomic E-state index is 8.76. The second kappa shape index (κ2) is 6.86. The van der Waals surface area contributed by atoms with Crippen LogP contribution in [0.2, 0.25) is 0 Å². The number of benzene rings is 2. The summed E-state index contributed by atoms with van der Waals surface area (Å²) in [6.45, 7) is 4.10. The molecular weight excluding hydrogens is 274 g/mol. The smallest absolute Gasteiger partial charge is 0.201 e. The number of hydrogen-bond donors (Lipinski definition) is 3. The number of nitrogens with two attached hydrogens (primary N) is 1. The molecule has 0 unspecified atom stereocenters. The van der Waals surface area contributed by atoms with Gasteiger partial charge in [-0.15, -0.1) is 0 Å². The van der Waals surface area contributed by atoms with Crippen LogP contribution in [-0.4, -0.2) is 11.5 Å². The Morgan fingerprint density at radius 1 is 1.09 bits per heavy atom. The molecule has 0 bridgehead atoms. The first-order valence-corrected chi connectivity index (χ1v) is 6.55. The lowest BCUT2D eigenvalue weighted by atomic mass is 10.00. The third-order valence-corrected chi connectivity index (χ3v) is 3.01. The van der Waals surface area contributed by atoms with Gasteiger partial charge in [-0.3, -0.25) is 10.8 Å². The molecule has 0 atom stereocenters. The Bertz CT molecular complexity index is 752. The summed E-state index contributed by atoms with van der Waals surface area (Å²) >= 11 is 0. The number of nitrogens with one attached hydrogen (secondary N) is 2. The number of hydrazone groups is 1. The first kappa shape index (κ1) is 15.0. The zero-order valence-corrected chi connectivity index (χ0v) is 11.9. The summed E-state index contributed by atoms with van der Waals surface area (Å²) in [5.41, 5.74) is 11.4. The summed E-state index contributed by atoms with van der Waals surface area (Å²) in [5.74, 6) is -0.371. The second-order valence-corrected chi connectivity index (χ2v) is 4.52. The lowest BCUT2D eigenvalue weighted by molar-refractivity contribution is 1.33. The molecule has 2 rings (SSSR count). The van der Waals surface area contributed by atoms with Crippen LogP contribution in [0.1, 0.15) is 11.1 Å². The number of rotatable bonds is 5. The molecule has 2 aromatic carbocycles. The van der Waals surface area contributed by atoms with Gasteiger partial charge in [-0.2, -0.15) is 10.4 Å². The van der Waals surface area contributed by atoms with Gasteiger partial charge in [0.25, 0.3) is 0 Å². The molecule has 0 aliphatic carbocycles. The van der Waals surface area contributed by atoms with E-state index in [-0.39, 0.29) is 11.5 Å². The molecule has 2 aromatic rings. The summed E-state index contributed by atoms with van der Waals surface area (Å²) in [7, 11) is 0.